The molecule has 0 saturated carbocycles. The van der Waals surface area contributed by atoms with E-state index in [0.717, 1.165) is 6.42 Å². The lowest BCUT2D eigenvalue weighted by atomic mass is 10.1. The second kappa shape index (κ2) is 6.04. The number of rotatable bonds is 4. The number of hydrogen-bond acceptors (Lipinski definition) is 2. The molecule has 1 aliphatic rings. The van der Waals surface area contributed by atoms with E-state index in [1.807, 2.05) is 0 Å². The predicted octanol–water partition coefficient (Wildman–Crippen LogP) is 4.26. The van der Waals surface area contributed by atoms with Gasteiger partial charge in [-0.25, -0.2) is 0 Å². The number of benzene rings is 2. The topological polar surface area (TPSA) is 6.48 Å². The molecular weight excluding hydrogens is 256 g/mol. The summed E-state index contributed by atoms with van der Waals surface area (Å²) in [5.41, 5.74) is 2.62. The Labute approximate surface area is 127 Å². The van der Waals surface area contributed by atoms with E-state index in [4.69, 9.17) is 0 Å². The molecule has 0 fully saturated rings. The molecule has 0 spiro atoms. The van der Waals surface area contributed by atoms with Crippen molar-refractivity contribution in [2.45, 2.75) is 32.5 Å². The second-order valence-corrected chi connectivity index (χ2v) is 5.75. The third-order valence-corrected chi connectivity index (χ3v) is 3.98. The molecule has 0 radical (unpaired) electrons. The van der Waals surface area contributed by atoms with Gasteiger partial charge in [-0.15, -0.1) is 0 Å². The van der Waals surface area contributed by atoms with E-state index in [1.165, 1.54) is 11.3 Å². The van der Waals surface area contributed by atoms with Gasteiger partial charge in [0, 0.05) is 30.5 Å². The molecule has 2 aromatic rings. The quantitative estimate of drug-likeness (QED) is 0.824. The average Bonchev–Trinajstić information content (AvgIpc) is 2.93. The number of nitrogens with zero attached hydrogens (tertiary/aromatic N) is 2. The molecular formula is C19H22N2. The van der Waals surface area contributed by atoms with Crippen LogP contribution in [0.5, 0.6) is 0 Å². The van der Waals surface area contributed by atoms with Gasteiger partial charge in [0.2, 0.25) is 0 Å². The zero-order chi connectivity index (χ0) is 14.7. The van der Waals surface area contributed by atoms with Crippen molar-refractivity contribution in [2.24, 2.45) is 0 Å². The Morgan fingerprint density at radius 2 is 1.48 bits per heavy atom. The lowest BCUT2D eigenvalue weighted by Crippen LogP contribution is -2.43. The maximum Gasteiger partial charge on any atom is 0.110 e. The van der Waals surface area contributed by atoms with Crippen LogP contribution in [0.15, 0.2) is 73.1 Å². The van der Waals surface area contributed by atoms with E-state index < -0.39 is 0 Å². The Morgan fingerprint density at radius 1 is 0.857 bits per heavy atom. The van der Waals surface area contributed by atoms with Crippen LogP contribution < -0.4 is 4.90 Å². The highest BCUT2D eigenvalue weighted by Crippen LogP contribution is 2.28. The van der Waals surface area contributed by atoms with E-state index >= 15 is 0 Å². The van der Waals surface area contributed by atoms with E-state index in [0.29, 0.717) is 12.2 Å². The molecule has 0 aliphatic carbocycles. The minimum atomic E-state index is 0.342. The molecule has 108 valence electrons. The van der Waals surface area contributed by atoms with Crippen molar-refractivity contribution in [2.75, 3.05) is 4.90 Å². The standard InChI is InChI=1S/C19H22N2/c1-16(2)20-13-14-21(18-11-7-4-8-12-18)19(20)15-17-9-5-3-6-10-17/h3-14,16,19H,15H2,1-2H3. The van der Waals surface area contributed by atoms with Crippen LogP contribution in [-0.4, -0.2) is 17.1 Å². The van der Waals surface area contributed by atoms with Crippen LogP contribution in [0, 0.1) is 0 Å². The average molecular weight is 278 g/mol. The van der Waals surface area contributed by atoms with Gasteiger partial charge in [-0.05, 0) is 31.5 Å². The molecule has 21 heavy (non-hydrogen) atoms. The fourth-order valence-electron chi connectivity index (χ4n) is 2.89. The molecule has 1 unspecified atom stereocenters. The summed E-state index contributed by atoms with van der Waals surface area (Å²) in [6.07, 6.45) is 5.77. The first-order chi connectivity index (χ1) is 10.3. The van der Waals surface area contributed by atoms with Crippen LogP contribution >= 0.6 is 0 Å². The lowest BCUT2D eigenvalue weighted by Gasteiger charge is -2.35. The molecule has 0 aromatic heterocycles. The van der Waals surface area contributed by atoms with Crippen molar-refractivity contribution >= 4 is 5.69 Å². The SMILES string of the molecule is CC(C)N1C=CN(c2ccccc2)C1Cc1ccccc1. The smallest absolute Gasteiger partial charge is 0.110 e. The molecule has 2 heteroatoms. The van der Waals surface area contributed by atoms with Gasteiger partial charge >= 0.3 is 0 Å². The maximum absolute atomic E-state index is 2.43. The summed E-state index contributed by atoms with van der Waals surface area (Å²) in [4.78, 5) is 4.80. The van der Waals surface area contributed by atoms with Crippen molar-refractivity contribution in [3.63, 3.8) is 0 Å². The summed E-state index contributed by atoms with van der Waals surface area (Å²) in [6, 6.07) is 21.8. The summed E-state index contributed by atoms with van der Waals surface area (Å²) in [7, 11) is 0. The van der Waals surface area contributed by atoms with Crippen LogP contribution in [0.4, 0.5) is 5.69 Å². The third kappa shape index (κ3) is 2.94. The van der Waals surface area contributed by atoms with Crippen molar-refractivity contribution in [1.82, 2.24) is 4.90 Å². The highest BCUT2D eigenvalue weighted by Gasteiger charge is 2.28. The monoisotopic (exact) mass is 278 g/mol. The fourth-order valence-corrected chi connectivity index (χ4v) is 2.89. The van der Waals surface area contributed by atoms with E-state index in [2.05, 4.69) is 96.7 Å². The van der Waals surface area contributed by atoms with Gasteiger partial charge in [0.1, 0.15) is 6.17 Å². The summed E-state index contributed by atoms with van der Waals surface area (Å²) in [6.45, 7) is 4.49. The summed E-state index contributed by atoms with van der Waals surface area (Å²) >= 11 is 0. The van der Waals surface area contributed by atoms with Gasteiger partial charge in [-0.1, -0.05) is 48.5 Å². The van der Waals surface area contributed by atoms with Gasteiger partial charge in [0.25, 0.3) is 0 Å². The molecule has 0 bridgehead atoms. The van der Waals surface area contributed by atoms with Gasteiger partial charge in [-0.3, -0.25) is 0 Å². The van der Waals surface area contributed by atoms with Gasteiger partial charge in [0.15, 0.2) is 0 Å². The number of anilines is 1. The Balaban J connectivity index is 1.87. The Morgan fingerprint density at radius 3 is 2.10 bits per heavy atom. The lowest BCUT2D eigenvalue weighted by molar-refractivity contribution is 0.247. The summed E-state index contributed by atoms with van der Waals surface area (Å²) in [5.74, 6) is 0. The molecule has 0 amide bonds. The number of hydrogen-bond donors (Lipinski definition) is 0. The highest BCUT2D eigenvalue weighted by atomic mass is 15.4. The van der Waals surface area contributed by atoms with Crippen LogP contribution in [0.3, 0.4) is 0 Å². The van der Waals surface area contributed by atoms with Crippen molar-refractivity contribution in [3.8, 4) is 0 Å². The van der Waals surface area contributed by atoms with Crippen LogP contribution in [0.25, 0.3) is 0 Å². The molecule has 2 nitrogen and oxygen atoms in total. The van der Waals surface area contributed by atoms with Crippen molar-refractivity contribution in [1.29, 1.82) is 0 Å². The molecule has 0 N–H and O–H groups in total. The number of para-hydroxylation sites is 1. The Kier molecular flexibility index (Phi) is 3.96. The minimum absolute atomic E-state index is 0.342. The van der Waals surface area contributed by atoms with E-state index in [9.17, 15) is 0 Å². The minimum Gasteiger partial charge on any atom is -0.353 e. The molecule has 3 rings (SSSR count). The summed E-state index contributed by atoms with van der Waals surface area (Å²) in [5, 5.41) is 0. The van der Waals surface area contributed by atoms with Crippen LogP contribution in [-0.2, 0) is 6.42 Å². The fraction of sp³-hybridized carbons (Fsp3) is 0.263. The normalized spacial score (nSPS) is 17.8. The van der Waals surface area contributed by atoms with Crippen molar-refractivity contribution in [3.05, 3.63) is 78.6 Å². The van der Waals surface area contributed by atoms with Crippen LogP contribution in [0.1, 0.15) is 19.4 Å². The summed E-state index contributed by atoms with van der Waals surface area (Å²) < 4.78 is 0. The first kappa shape index (κ1) is 13.7. The Hall–Kier alpha value is -2.22. The highest BCUT2D eigenvalue weighted by molar-refractivity contribution is 5.51. The first-order valence-electron chi connectivity index (χ1n) is 7.59. The van der Waals surface area contributed by atoms with E-state index in [1.54, 1.807) is 0 Å². The second-order valence-electron chi connectivity index (χ2n) is 5.75. The van der Waals surface area contributed by atoms with Gasteiger partial charge < -0.3 is 9.80 Å². The van der Waals surface area contributed by atoms with E-state index in [-0.39, 0.29) is 0 Å². The van der Waals surface area contributed by atoms with Gasteiger partial charge in [-0.2, -0.15) is 0 Å². The molecule has 1 atom stereocenters. The molecule has 2 aromatic carbocycles. The zero-order valence-corrected chi connectivity index (χ0v) is 12.7. The van der Waals surface area contributed by atoms with Crippen LogP contribution in [0.2, 0.25) is 0 Å². The third-order valence-electron chi connectivity index (χ3n) is 3.98. The molecule has 1 heterocycles. The van der Waals surface area contributed by atoms with Gasteiger partial charge in [0.05, 0.1) is 0 Å². The largest absolute Gasteiger partial charge is 0.353 e. The first-order valence-corrected chi connectivity index (χ1v) is 7.59. The van der Waals surface area contributed by atoms with Crippen molar-refractivity contribution < 1.29 is 0 Å². The zero-order valence-electron chi connectivity index (χ0n) is 12.7. The molecule has 1 aliphatic heterocycles. The maximum atomic E-state index is 2.43. The molecule has 0 saturated heterocycles. The Bertz CT molecular complexity index is 589. The predicted molar refractivity (Wildman–Crippen MR) is 89.0 cm³/mol.